The third-order valence-electron chi connectivity index (χ3n) is 12.3. The van der Waals surface area contributed by atoms with Gasteiger partial charge in [0.2, 0.25) is 0 Å². The van der Waals surface area contributed by atoms with Gasteiger partial charge in [0, 0.05) is 22.0 Å². The molecule has 0 saturated heterocycles. The first-order valence-electron chi connectivity index (χ1n) is 20.1. The Kier molecular flexibility index (Phi) is 7.95. The van der Waals surface area contributed by atoms with Crippen LogP contribution in [0.4, 0.5) is 17.1 Å². The molecule has 1 saturated carbocycles. The van der Waals surface area contributed by atoms with Crippen LogP contribution in [0.3, 0.4) is 0 Å². The second kappa shape index (κ2) is 13.6. The molecule has 1 aliphatic carbocycles. The Hall–Kier alpha value is -6.64. The first-order chi connectivity index (χ1) is 27.8. The number of fused-ring (bicyclic) bond motifs is 7. The summed E-state index contributed by atoms with van der Waals surface area (Å²) >= 11 is 0. The Balaban J connectivity index is 1.12. The summed E-state index contributed by atoms with van der Waals surface area (Å²) in [6, 6.07) is 66.7. The molecule has 2 heteroatoms. The van der Waals surface area contributed by atoms with E-state index in [4.69, 9.17) is 4.42 Å². The van der Waals surface area contributed by atoms with E-state index in [2.05, 4.69) is 187 Å². The molecule has 2 nitrogen and oxygen atoms in total. The van der Waals surface area contributed by atoms with Gasteiger partial charge in [-0.25, -0.2) is 0 Å². The van der Waals surface area contributed by atoms with Crippen molar-refractivity contribution in [2.24, 2.45) is 0 Å². The van der Waals surface area contributed by atoms with Crippen molar-refractivity contribution in [1.29, 1.82) is 0 Å². The van der Waals surface area contributed by atoms with Crippen molar-refractivity contribution < 1.29 is 4.42 Å². The van der Waals surface area contributed by atoms with E-state index >= 15 is 0 Å². The fraction of sp³-hybridized carbons (Fsp3) is 0.111. The summed E-state index contributed by atoms with van der Waals surface area (Å²) in [5.74, 6) is 0.584. The molecule has 0 N–H and O–H groups in total. The van der Waals surface area contributed by atoms with Crippen LogP contribution in [0.2, 0.25) is 0 Å². The molecule has 0 atom stereocenters. The number of benzene rings is 9. The standard InChI is InChI=1S/C54H41NO/c1-2-14-36(15-3-1)43-23-10-17-39-18-11-25-48(53(39)43)46-20-6-8-27-50(46)55(51-28-13-26-49-47-21-7-9-29-52(47)56-54(49)51)40-33-30-38(31-34-40)42-22-12-24-44-41-19-5-4-16-37(41)32-35-45(42)44/h4-13,16-36H,1-3,14-15H2. The molecule has 0 bridgehead atoms. The molecule has 9 aromatic carbocycles. The van der Waals surface area contributed by atoms with Crippen LogP contribution < -0.4 is 4.90 Å². The summed E-state index contributed by atoms with van der Waals surface area (Å²) in [6.07, 6.45) is 6.47. The molecule has 0 aliphatic heterocycles. The maximum Gasteiger partial charge on any atom is 0.159 e. The normalized spacial score (nSPS) is 13.6. The van der Waals surface area contributed by atoms with Crippen LogP contribution in [-0.2, 0) is 0 Å². The summed E-state index contributed by atoms with van der Waals surface area (Å²) in [7, 11) is 0. The monoisotopic (exact) mass is 719 g/mol. The highest BCUT2D eigenvalue weighted by Gasteiger charge is 2.25. The molecule has 1 aliphatic rings. The molecule has 268 valence electrons. The van der Waals surface area contributed by atoms with Gasteiger partial charge in [0.15, 0.2) is 5.58 Å². The smallest absolute Gasteiger partial charge is 0.159 e. The number of furan rings is 1. The van der Waals surface area contributed by atoms with Crippen molar-refractivity contribution in [2.45, 2.75) is 38.0 Å². The van der Waals surface area contributed by atoms with Gasteiger partial charge in [-0.2, -0.15) is 0 Å². The first kappa shape index (κ1) is 32.8. The maximum absolute atomic E-state index is 6.76. The third kappa shape index (κ3) is 5.39. The molecule has 10 aromatic rings. The maximum atomic E-state index is 6.76. The highest BCUT2D eigenvalue weighted by atomic mass is 16.3. The zero-order chi connectivity index (χ0) is 37.0. The van der Waals surface area contributed by atoms with Gasteiger partial charge >= 0.3 is 0 Å². The van der Waals surface area contributed by atoms with Gasteiger partial charge in [0.05, 0.1) is 11.4 Å². The quantitative estimate of drug-likeness (QED) is 0.159. The number of rotatable bonds is 6. The molecule has 11 rings (SSSR count). The average Bonchev–Trinajstić information content (AvgIpc) is 3.66. The fourth-order valence-electron chi connectivity index (χ4n) is 9.64. The van der Waals surface area contributed by atoms with Crippen LogP contribution in [-0.4, -0.2) is 0 Å². The SMILES string of the molecule is c1ccc(N(c2ccc(-c3cccc4c3ccc3ccccc34)cc2)c2cccc3c2oc2ccccc23)c(-c2cccc3cccc(C4CCCCC4)c23)c1. The lowest BCUT2D eigenvalue weighted by atomic mass is 9.80. The van der Waals surface area contributed by atoms with E-state index in [0.29, 0.717) is 5.92 Å². The molecule has 1 aromatic heterocycles. The lowest BCUT2D eigenvalue weighted by molar-refractivity contribution is 0.445. The Labute approximate surface area is 327 Å². The van der Waals surface area contributed by atoms with Gasteiger partial charge in [-0.3, -0.25) is 0 Å². The Morgan fingerprint density at radius 1 is 0.411 bits per heavy atom. The van der Waals surface area contributed by atoms with Crippen molar-refractivity contribution >= 4 is 71.3 Å². The van der Waals surface area contributed by atoms with Gasteiger partial charge < -0.3 is 9.32 Å². The third-order valence-corrected chi connectivity index (χ3v) is 12.3. The molecular weight excluding hydrogens is 679 g/mol. The van der Waals surface area contributed by atoms with Crippen LogP contribution >= 0.6 is 0 Å². The van der Waals surface area contributed by atoms with Crippen LogP contribution in [0.5, 0.6) is 0 Å². The summed E-state index contributed by atoms with van der Waals surface area (Å²) in [4.78, 5) is 2.42. The second-order valence-corrected chi connectivity index (χ2v) is 15.4. The number of hydrogen-bond donors (Lipinski definition) is 0. The molecular formula is C54H41NO. The minimum absolute atomic E-state index is 0.584. The van der Waals surface area contributed by atoms with Crippen LogP contribution in [0.25, 0.3) is 76.5 Å². The van der Waals surface area contributed by atoms with Crippen LogP contribution in [0.1, 0.15) is 43.6 Å². The van der Waals surface area contributed by atoms with Crippen molar-refractivity contribution in [3.8, 4) is 22.3 Å². The van der Waals surface area contributed by atoms with Gasteiger partial charge in [-0.15, -0.1) is 0 Å². The lowest BCUT2D eigenvalue weighted by Gasteiger charge is -2.29. The molecule has 1 fully saturated rings. The van der Waals surface area contributed by atoms with Gasteiger partial charge in [-0.1, -0.05) is 171 Å². The van der Waals surface area contributed by atoms with Crippen molar-refractivity contribution in [1.82, 2.24) is 0 Å². The number of para-hydroxylation sites is 3. The summed E-state index contributed by atoms with van der Waals surface area (Å²) < 4.78 is 6.76. The number of hydrogen-bond acceptors (Lipinski definition) is 2. The minimum Gasteiger partial charge on any atom is -0.454 e. The zero-order valence-electron chi connectivity index (χ0n) is 31.3. The van der Waals surface area contributed by atoms with Gasteiger partial charge in [-0.05, 0) is 104 Å². The predicted molar refractivity (Wildman–Crippen MR) is 238 cm³/mol. The van der Waals surface area contributed by atoms with E-state index < -0.39 is 0 Å². The summed E-state index contributed by atoms with van der Waals surface area (Å²) in [5.41, 5.74) is 11.4. The summed E-state index contributed by atoms with van der Waals surface area (Å²) in [6.45, 7) is 0. The molecule has 1 heterocycles. The van der Waals surface area contributed by atoms with Gasteiger partial charge in [0.1, 0.15) is 5.58 Å². The summed E-state index contributed by atoms with van der Waals surface area (Å²) in [5, 5.41) is 10.0. The highest BCUT2D eigenvalue weighted by molar-refractivity contribution is 6.13. The predicted octanol–water partition coefficient (Wildman–Crippen LogP) is 15.9. The second-order valence-electron chi connectivity index (χ2n) is 15.4. The fourth-order valence-corrected chi connectivity index (χ4v) is 9.64. The average molecular weight is 720 g/mol. The molecule has 0 amide bonds. The largest absolute Gasteiger partial charge is 0.454 e. The van der Waals surface area contributed by atoms with Crippen molar-refractivity contribution in [2.75, 3.05) is 4.90 Å². The first-order valence-corrected chi connectivity index (χ1v) is 20.1. The topological polar surface area (TPSA) is 16.4 Å². The van der Waals surface area contributed by atoms with Crippen LogP contribution in [0, 0.1) is 0 Å². The highest BCUT2D eigenvalue weighted by Crippen LogP contribution is 2.48. The van der Waals surface area contributed by atoms with E-state index in [9.17, 15) is 0 Å². The van der Waals surface area contributed by atoms with Crippen LogP contribution in [0.15, 0.2) is 186 Å². The van der Waals surface area contributed by atoms with E-state index in [-0.39, 0.29) is 0 Å². The molecule has 0 unspecified atom stereocenters. The van der Waals surface area contributed by atoms with Gasteiger partial charge in [0.25, 0.3) is 0 Å². The van der Waals surface area contributed by atoms with E-state index in [1.807, 2.05) is 0 Å². The minimum atomic E-state index is 0.584. The Morgan fingerprint density at radius 2 is 1.05 bits per heavy atom. The molecule has 0 radical (unpaired) electrons. The number of anilines is 3. The van der Waals surface area contributed by atoms with E-state index in [1.54, 1.807) is 0 Å². The van der Waals surface area contributed by atoms with E-state index in [1.165, 1.54) is 92.2 Å². The van der Waals surface area contributed by atoms with E-state index in [0.717, 1.165) is 39.0 Å². The molecule has 56 heavy (non-hydrogen) atoms. The zero-order valence-corrected chi connectivity index (χ0v) is 31.3. The Morgan fingerprint density at radius 3 is 1.95 bits per heavy atom. The van der Waals surface area contributed by atoms with Crippen molar-refractivity contribution in [3.63, 3.8) is 0 Å². The Bertz CT molecular complexity index is 3070. The lowest BCUT2D eigenvalue weighted by Crippen LogP contribution is -2.12. The molecule has 0 spiro atoms. The number of nitrogens with zero attached hydrogens (tertiary/aromatic N) is 1. The van der Waals surface area contributed by atoms with Crippen molar-refractivity contribution in [3.05, 3.63) is 188 Å².